The largest absolute Gasteiger partial charge is 0.481 e. The van der Waals surface area contributed by atoms with Gasteiger partial charge in [0, 0.05) is 0 Å². The van der Waals surface area contributed by atoms with Crippen molar-refractivity contribution in [1.82, 2.24) is 4.98 Å². The SMILES string of the molecule is CC1(C)[C@H](C(=O)O)[C@@H]1C(=O)Nc1nc2ccccc2s1. The summed E-state index contributed by atoms with van der Waals surface area (Å²) < 4.78 is 0.993. The third-order valence-electron chi connectivity index (χ3n) is 3.90. The van der Waals surface area contributed by atoms with Crippen molar-refractivity contribution in [2.75, 3.05) is 5.32 Å². The second-order valence-electron chi connectivity index (χ2n) is 5.59. The van der Waals surface area contributed by atoms with Crippen LogP contribution in [-0.4, -0.2) is 22.0 Å². The number of carbonyl (C=O) groups is 2. The molecule has 0 radical (unpaired) electrons. The molecule has 1 fully saturated rings. The summed E-state index contributed by atoms with van der Waals surface area (Å²) in [4.78, 5) is 27.6. The Morgan fingerprint density at radius 2 is 2.00 bits per heavy atom. The van der Waals surface area contributed by atoms with Gasteiger partial charge in [-0.2, -0.15) is 0 Å². The van der Waals surface area contributed by atoms with Crippen LogP contribution in [-0.2, 0) is 9.59 Å². The van der Waals surface area contributed by atoms with E-state index < -0.39 is 23.2 Å². The first kappa shape index (κ1) is 13.1. The van der Waals surface area contributed by atoms with Crippen molar-refractivity contribution < 1.29 is 14.7 Å². The van der Waals surface area contributed by atoms with E-state index in [1.807, 2.05) is 24.3 Å². The Labute approximate surface area is 119 Å². The van der Waals surface area contributed by atoms with Gasteiger partial charge in [-0.1, -0.05) is 37.3 Å². The summed E-state index contributed by atoms with van der Waals surface area (Å²) in [5.41, 5.74) is 0.338. The zero-order valence-electron chi connectivity index (χ0n) is 11.1. The first-order valence-electron chi connectivity index (χ1n) is 6.30. The molecule has 0 aliphatic heterocycles. The maximum atomic E-state index is 12.2. The van der Waals surface area contributed by atoms with Gasteiger partial charge in [0.1, 0.15) is 0 Å². The normalized spacial score (nSPS) is 23.5. The number of hydrogen-bond acceptors (Lipinski definition) is 4. The fourth-order valence-electron chi connectivity index (χ4n) is 2.70. The maximum Gasteiger partial charge on any atom is 0.307 e. The molecule has 0 bridgehead atoms. The quantitative estimate of drug-likeness (QED) is 0.910. The Kier molecular flexibility index (Phi) is 2.79. The number of thiazole rings is 1. The number of benzene rings is 1. The highest BCUT2D eigenvalue weighted by atomic mass is 32.1. The van der Waals surface area contributed by atoms with Crippen LogP contribution in [0, 0.1) is 17.3 Å². The number of hydrogen-bond donors (Lipinski definition) is 2. The number of nitrogens with one attached hydrogen (secondary N) is 1. The van der Waals surface area contributed by atoms with Crippen LogP contribution in [0.5, 0.6) is 0 Å². The van der Waals surface area contributed by atoms with E-state index in [1.165, 1.54) is 11.3 Å². The molecule has 1 aliphatic carbocycles. The zero-order valence-corrected chi connectivity index (χ0v) is 11.9. The average Bonchev–Trinajstić information content (AvgIpc) is 2.76. The summed E-state index contributed by atoms with van der Waals surface area (Å²) in [6, 6.07) is 7.61. The predicted molar refractivity (Wildman–Crippen MR) is 76.6 cm³/mol. The van der Waals surface area contributed by atoms with Gasteiger partial charge >= 0.3 is 5.97 Å². The fourth-order valence-corrected chi connectivity index (χ4v) is 3.57. The molecule has 1 aliphatic rings. The van der Waals surface area contributed by atoms with Gasteiger partial charge in [-0.25, -0.2) is 4.98 Å². The lowest BCUT2D eigenvalue weighted by atomic mass is 10.1. The summed E-state index contributed by atoms with van der Waals surface area (Å²) >= 11 is 1.39. The van der Waals surface area contributed by atoms with Crippen LogP contribution in [0.4, 0.5) is 5.13 Å². The molecule has 1 aromatic carbocycles. The Bertz CT molecular complexity index is 674. The molecule has 2 aromatic rings. The van der Waals surface area contributed by atoms with E-state index in [0.717, 1.165) is 10.2 Å². The van der Waals surface area contributed by atoms with Crippen molar-refractivity contribution in [3.05, 3.63) is 24.3 Å². The molecule has 1 saturated carbocycles. The van der Waals surface area contributed by atoms with Gasteiger partial charge in [-0.3, -0.25) is 9.59 Å². The minimum Gasteiger partial charge on any atom is -0.481 e. The fraction of sp³-hybridized carbons (Fsp3) is 0.357. The Balaban J connectivity index is 1.78. The lowest BCUT2D eigenvalue weighted by molar-refractivity contribution is -0.140. The van der Waals surface area contributed by atoms with E-state index in [1.54, 1.807) is 13.8 Å². The molecule has 2 atom stereocenters. The van der Waals surface area contributed by atoms with Crippen LogP contribution in [0.15, 0.2) is 24.3 Å². The zero-order chi connectivity index (χ0) is 14.5. The average molecular weight is 290 g/mol. The number of carbonyl (C=O) groups excluding carboxylic acids is 1. The monoisotopic (exact) mass is 290 g/mol. The van der Waals surface area contributed by atoms with Gasteiger partial charge in [0.2, 0.25) is 5.91 Å². The highest BCUT2D eigenvalue weighted by Crippen LogP contribution is 2.58. The molecule has 6 heteroatoms. The first-order valence-corrected chi connectivity index (χ1v) is 7.12. The number of anilines is 1. The molecule has 2 N–H and O–H groups in total. The van der Waals surface area contributed by atoms with Gasteiger partial charge < -0.3 is 10.4 Å². The topological polar surface area (TPSA) is 79.3 Å². The molecule has 1 aromatic heterocycles. The molecule has 0 saturated heterocycles. The van der Waals surface area contributed by atoms with Gasteiger partial charge in [-0.15, -0.1) is 0 Å². The number of nitrogens with zero attached hydrogens (tertiary/aromatic N) is 1. The minimum absolute atomic E-state index is 0.263. The second kappa shape index (κ2) is 4.28. The summed E-state index contributed by atoms with van der Waals surface area (Å²) in [6.07, 6.45) is 0. The number of amides is 1. The number of carboxylic acid groups (broad SMARTS) is 1. The molecule has 1 heterocycles. The summed E-state index contributed by atoms with van der Waals surface area (Å²) in [6.45, 7) is 3.60. The van der Waals surface area contributed by atoms with Gasteiger partial charge in [0.15, 0.2) is 5.13 Å². The van der Waals surface area contributed by atoms with Crippen LogP contribution in [0.25, 0.3) is 10.2 Å². The first-order chi connectivity index (χ1) is 9.41. The number of carboxylic acids is 1. The predicted octanol–water partition coefficient (Wildman–Crippen LogP) is 2.59. The van der Waals surface area contributed by atoms with E-state index in [2.05, 4.69) is 10.3 Å². The van der Waals surface area contributed by atoms with Crippen molar-refractivity contribution in [3.63, 3.8) is 0 Å². The molecule has 104 valence electrons. The number of fused-ring (bicyclic) bond motifs is 1. The molecule has 0 spiro atoms. The molecule has 1 amide bonds. The third kappa shape index (κ3) is 1.96. The molecule has 5 nitrogen and oxygen atoms in total. The standard InChI is InChI=1S/C14H14N2O3S/c1-14(2)9(10(14)12(18)19)11(17)16-13-15-7-5-3-4-6-8(7)20-13/h3-6,9-10H,1-2H3,(H,18,19)(H,15,16,17)/t9-,10+/m1/s1. The van der Waals surface area contributed by atoms with Crippen molar-refractivity contribution in [3.8, 4) is 0 Å². The Morgan fingerprint density at radius 3 is 2.60 bits per heavy atom. The summed E-state index contributed by atoms with van der Waals surface area (Å²) in [5, 5.41) is 12.4. The minimum atomic E-state index is -0.917. The van der Waals surface area contributed by atoms with Crippen molar-refractivity contribution in [2.24, 2.45) is 17.3 Å². The van der Waals surface area contributed by atoms with Crippen LogP contribution in [0.2, 0.25) is 0 Å². The van der Waals surface area contributed by atoms with E-state index in [0.29, 0.717) is 5.13 Å². The molecular formula is C14H14N2O3S. The van der Waals surface area contributed by atoms with Crippen molar-refractivity contribution >= 4 is 38.6 Å². The van der Waals surface area contributed by atoms with Crippen LogP contribution >= 0.6 is 11.3 Å². The number of aromatic nitrogens is 1. The van der Waals surface area contributed by atoms with Crippen LogP contribution in [0.3, 0.4) is 0 Å². The van der Waals surface area contributed by atoms with Crippen LogP contribution in [0.1, 0.15) is 13.8 Å². The molecular weight excluding hydrogens is 276 g/mol. The number of aliphatic carboxylic acids is 1. The van der Waals surface area contributed by atoms with Crippen LogP contribution < -0.4 is 5.32 Å². The lowest BCUT2D eigenvalue weighted by Gasteiger charge is -2.02. The van der Waals surface area contributed by atoms with E-state index in [4.69, 9.17) is 5.11 Å². The van der Waals surface area contributed by atoms with Gasteiger partial charge in [-0.05, 0) is 17.5 Å². The molecule has 3 rings (SSSR count). The van der Waals surface area contributed by atoms with Gasteiger partial charge in [0.25, 0.3) is 0 Å². The number of para-hydroxylation sites is 1. The van der Waals surface area contributed by atoms with E-state index >= 15 is 0 Å². The Hall–Kier alpha value is -1.95. The highest BCUT2D eigenvalue weighted by molar-refractivity contribution is 7.22. The number of rotatable bonds is 3. The lowest BCUT2D eigenvalue weighted by Crippen LogP contribution is -2.17. The van der Waals surface area contributed by atoms with Gasteiger partial charge in [0.05, 0.1) is 22.1 Å². The van der Waals surface area contributed by atoms with E-state index in [9.17, 15) is 9.59 Å². The van der Waals surface area contributed by atoms with Crippen molar-refractivity contribution in [1.29, 1.82) is 0 Å². The molecule has 20 heavy (non-hydrogen) atoms. The summed E-state index contributed by atoms with van der Waals surface area (Å²) in [7, 11) is 0. The smallest absolute Gasteiger partial charge is 0.307 e. The highest BCUT2D eigenvalue weighted by Gasteiger charge is 2.65. The second-order valence-corrected chi connectivity index (χ2v) is 6.62. The van der Waals surface area contributed by atoms with Crippen molar-refractivity contribution in [2.45, 2.75) is 13.8 Å². The summed E-state index contributed by atoms with van der Waals surface area (Å²) in [5.74, 6) is -2.29. The Morgan fingerprint density at radius 1 is 1.30 bits per heavy atom. The third-order valence-corrected chi connectivity index (χ3v) is 4.85. The maximum absolute atomic E-state index is 12.2. The molecule has 0 unspecified atom stereocenters. The van der Waals surface area contributed by atoms with E-state index in [-0.39, 0.29) is 5.91 Å².